The Kier molecular flexibility index (Phi) is 8.59. The minimum atomic E-state index is -0.227. The monoisotopic (exact) mass is 226 g/mol. The van der Waals surface area contributed by atoms with Gasteiger partial charge in [-0.25, -0.2) is 0 Å². The Balaban J connectivity index is 3.89. The third kappa shape index (κ3) is 6.44. The van der Waals surface area contributed by atoms with Gasteiger partial charge in [0.25, 0.3) is 0 Å². The van der Waals surface area contributed by atoms with Crippen LogP contribution in [0.2, 0.25) is 0 Å². The molecule has 0 radical (unpaired) electrons. The first-order chi connectivity index (χ1) is 7.65. The molecule has 0 rings (SSSR count). The number of amides is 1. The van der Waals surface area contributed by atoms with Crippen molar-refractivity contribution in [1.29, 1.82) is 0 Å². The van der Waals surface area contributed by atoms with Crippen LogP contribution in [0.15, 0.2) is 0 Å². The topological polar surface area (TPSA) is 50.4 Å². The Morgan fingerprint density at radius 2 is 2.25 bits per heavy atom. The molecule has 0 fully saturated rings. The summed E-state index contributed by atoms with van der Waals surface area (Å²) in [7, 11) is 1.61. The molecular weight excluding hydrogens is 204 g/mol. The van der Waals surface area contributed by atoms with E-state index in [4.69, 9.17) is 11.2 Å². The van der Waals surface area contributed by atoms with Gasteiger partial charge in [0.05, 0.1) is 12.6 Å². The zero-order valence-corrected chi connectivity index (χ0v) is 10.4. The normalized spacial score (nSPS) is 13.9. The van der Waals surface area contributed by atoms with E-state index < -0.39 is 0 Å². The lowest BCUT2D eigenvalue weighted by atomic mass is 10.1. The summed E-state index contributed by atoms with van der Waals surface area (Å²) in [5.41, 5.74) is 0. The third-order valence-electron chi connectivity index (χ3n) is 2.34. The second kappa shape index (κ2) is 9.20. The molecule has 16 heavy (non-hydrogen) atoms. The summed E-state index contributed by atoms with van der Waals surface area (Å²) in [6.45, 7) is 4.94. The molecule has 0 heterocycles. The summed E-state index contributed by atoms with van der Waals surface area (Å²) in [5.74, 6) is 2.58. The third-order valence-corrected chi connectivity index (χ3v) is 2.34. The molecule has 0 saturated heterocycles. The van der Waals surface area contributed by atoms with E-state index >= 15 is 0 Å². The van der Waals surface area contributed by atoms with E-state index in [0.717, 1.165) is 6.42 Å². The highest BCUT2D eigenvalue weighted by molar-refractivity contribution is 5.81. The second-order valence-electron chi connectivity index (χ2n) is 3.69. The zero-order chi connectivity index (χ0) is 12.4. The number of hydrogen-bond acceptors (Lipinski definition) is 3. The number of terminal acetylenes is 1. The highest BCUT2D eigenvalue weighted by Crippen LogP contribution is 1.98. The van der Waals surface area contributed by atoms with E-state index in [1.807, 2.05) is 13.8 Å². The zero-order valence-electron chi connectivity index (χ0n) is 10.4. The van der Waals surface area contributed by atoms with Crippen LogP contribution in [-0.4, -0.2) is 38.3 Å². The van der Waals surface area contributed by atoms with Crippen LogP contribution in [0.1, 0.15) is 26.7 Å². The Labute approximate surface area is 98.1 Å². The van der Waals surface area contributed by atoms with Gasteiger partial charge >= 0.3 is 0 Å². The Morgan fingerprint density at radius 3 is 2.75 bits per heavy atom. The highest BCUT2D eigenvalue weighted by Gasteiger charge is 2.15. The van der Waals surface area contributed by atoms with Crippen LogP contribution in [-0.2, 0) is 9.53 Å². The first-order valence-electron chi connectivity index (χ1n) is 5.61. The molecule has 2 atom stereocenters. The predicted molar refractivity (Wildman–Crippen MR) is 65.0 cm³/mol. The van der Waals surface area contributed by atoms with Crippen molar-refractivity contribution >= 4 is 5.91 Å². The van der Waals surface area contributed by atoms with Crippen LogP contribution in [0.4, 0.5) is 0 Å². The van der Waals surface area contributed by atoms with E-state index in [-0.39, 0.29) is 18.0 Å². The molecule has 4 heteroatoms. The molecule has 0 aliphatic heterocycles. The quantitative estimate of drug-likeness (QED) is 0.469. The maximum atomic E-state index is 11.6. The standard InChI is InChI=1S/C12H22N2O2/c1-5-7-11(6-2)14-10(3)12(15)13-8-9-16-4/h1,10-11,14H,6-9H2,2-4H3,(H,13,15). The predicted octanol–water partition coefficient (Wildman–Crippen LogP) is 0.529. The molecule has 0 aromatic heterocycles. The van der Waals surface area contributed by atoms with E-state index in [1.54, 1.807) is 7.11 Å². The van der Waals surface area contributed by atoms with Gasteiger partial charge in [0.1, 0.15) is 0 Å². The Hall–Kier alpha value is -1.05. The summed E-state index contributed by atoms with van der Waals surface area (Å²) < 4.78 is 4.85. The maximum absolute atomic E-state index is 11.6. The van der Waals surface area contributed by atoms with Crippen molar-refractivity contribution in [3.63, 3.8) is 0 Å². The first-order valence-corrected chi connectivity index (χ1v) is 5.61. The first kappa shape index (κ1) is 14.9. The van der Waals surface area contributed by atoms with Crippen molar-refractivity contribution < 1.29 is 9.53 Å². The molecule has 92 valence electrons. The van der Waals surface area contributed by atoms with Gasteiger partial charge in [-0.15, -0.1) is 12.3 Å². The SMILES string of the molecule is C#CCC(CC)NC(C)C(=O)NCCOC. The lowest BCUT2D eigenvalue weighted by molar-refractivity contribution is -0.123. The summed E-state index contributed by atoms with van der Waals surface area (Å²) >= 11 is 0. The molecule has 0 saturated carbocycles. The second-order valence-corrected chi connectivity index (χ2v) is 3.69. The van der Waals surface area contributed by atoms with Crippen LogP contribution in [0, 0.1) is 12.3 Å². The van der Waals surface area contributed by atoms with E-state index in [0.29, 0.717) is 19.6 Å². The van der Waals surface area contributed by atoms with Crippen LogP contribution in [0.3, 0.4) is 0 Å². The average Bonchev–Trinajstić information content (AvgIpc) is 2.28. The van der Waals surface area contributed by atoms with Gasteiger partial charge in [0, 0.05) is 26.1 Å². The van der Waals surface area contributed by atoms with Gasteiger partial charge in [-0.3, -0.25) is 4.79 Å². The van der Waals surface area contributed by atoms with E-state index in [9.17, 15) is 4.79 Å². The Morgan fingerprint density at radius 1 is 1.56 bits per heavy atom. The number of carbonyl (C=O) groups is 1. The van der Waals surface area contributed by atoms with Gasteiger partial charge in [0.15, 0.2) is 0 Å². The largest absolute Gasteiger partial charge is 0.383 e. The fourth-order valence-corrected chi connectivity index (χ4v) is 1.32. The number of nitrogens with one attached hydrogen (secondary N) is 2. The molecular formula is C12H22N2O2. The molecule has 0 aromatic rings. The van der Waals surface area contributed by atoms with E-state index in [2.05, 4.69) is 16.6 Å². The van der Waals surface area contributed by atoms with Crippen molar-refractivity contribution in [1.82, 2.24) is 10.6 Å². The maximum Gasteiger partial charge on any atom is 0.236 e. The number of methoxy groups -OCH3 is 1. The summed E-state index contributed by atoms with van der Waals surface area (Å²) in [6.07, 6.45) is 6.81. The lowest BCUT2D eigenvalue weighted by Crippen LogP contribution is -2.47. The number of carbonyl (C=O) groups excluding carboxylic acids is 1. The van der Waals surface area contributed by atoms with Crippen LogP contribution < -0.4 is 10.6 Å². The van der Waals surface area contributed by atoms with Crippen molar-refractivity contribution in [3.05, 3.63) is 0 Å². The molecule has 4 nitrogen and oxygen atoms in total. The molecule has 1 amide bonds. The average molecular weight is 226 g/mol. The van der Waals surface area contributed by atoms with Gasteiger partial charge in [-0.2, -0.15) is 0 Å². The van der Waals surface area contributed by atoms with Crippen molar-refractivity contribution in [2.45, 2.75) is 38.8 Å². The van der Waals surface area contributed by atoms with Crippen LogP contribution in [0.25, 0.3) is 0 Å². The van der Waals surface area contributed by atoms with Gasteiger partial charge in [0.2, 0.25) is 5.91 Å². The molecule has 2 unspecified atom stereocenters. The molecule has 2 N–H and O–H groups in total. The number of ether oxygens (including phenoxy) is 1. The van der Waals surface area contributed by atoms with Crippen LogP contribution in [0.5, 0.6) is 0 Å². The molecule has 0 bridgehead atoms. The van der Waals surface area contributed by atoms with Crippen molar-refractivity contribution in [2.24, 2.45) is 0 Å². The molecule has 0 aliphatic carbocycles. The summed E-state index contributed by atoms with van der Waals surface area (Å²) in [5, 5.41) is 5.98. The fraction of sp³-hybridized carbons (Fsp3) is 0.750. The number of hydrogen-bond donors (Lipinski definition) is 2. The van der Waals surface area contributed by atoms with E-state index in [1.165, 1.54) is 0 Å². The van der Waals surface area contributed by atoms with Gasteiger partial charge < -0.3 is 15.4 Å². The molecule has 0 aromatic carbocycles. The number of rotatable bonds is 8. The molecule has 0 spiro atoms. The summed E-state index contributed by atoms with van der Waals surface area (Å²) in [4.78, 5) is 11.6. The molecule has 0 aliphatic rings. The van der Waals surface area contributed by atoms with Crippen molar-refractivity contribution in [2.75, 3.05) is 20.3 Å². The lowest BCUT2D eigenvalue weighted by Gasteiger charge is -2.20. The minimum absolute atomic E-state index is 0.0208. The van der Waals surface area contributed by atoms with Gasteiger partial charge in [-0.1, -0.05) is 6.92 Å². The highest BCUT2D eigenvalue weighted by atomic mass is 16.5. The fourth-order valence-electron chi connectivity index (χ4n) is 1.32. The minimum Gasteiger partial charge on any atom is -0.383 e. The summed E-state index contributed by atoms with van der Waals surface area (Å²) in [6, 6.07) is -0.0247. The van der Waals surface area contributed by atoms with Crippen molar-refractivity contribution in [3.8, 4) is 12.3 Å². The Bertz CT molecular complexity index is 236. The van der Waals surface area contributed by atoms with Crippen LogP contribution >= 0.6 is 0 Å². The van der Waals surface area contributed by atoms with Gasteiger partial charge in [-0.05, 0) is 13.3 Å². The smallest absolute Gasteiger partial charge is 0.236 e.